The average Bonchev–Trinajstić information content (AvgIpc) is 2.81. The number of aromatic nitrogens is 1. The molecule has 0 saturated carbocycles. The molecule has 20 heavy (non-hydrogen) atoms. The van der Waals surface area contributed by atoms with Crippen LogP contribution in [0.2, 0.25) is 0 Å². The monoisotopic (exact) mass is 380 g/mol. The Morgan fingerprint density at radius 3 is 2.80 bits per heavy atom. The molecule has 106 valence electrons. The minimum atomic E-state index is -0.842. The smallest absolute Gasteiger partial charge is 0.231 e. The Kier molecular flexibility index (Phi) is 5.06. The van der Waals surface area contributed by atoms with Crippen molar-refractivity contribution in [2.45, 2.75) is 12.3 Å². The second-order valence-corrected chi connectivity index (χ2v) is 5.90. The summed E-state index contributed by atoms with van der Waals surface area (Å²) in [6, 6.07) is 1.78. The first kappa shape index (κ1) is 15.3. The molecule has 1 heterocycles. The largest absolute Gasteiger partial charge is 0.322 e. The number of amides is 1. The molecule has 0 aliphatic carbocycles. The average molecular weight is 382 g/mol. The molecule has 0 fully saturated rings. The number of alkyl halides is 1. The first-order valence-electron chi connectivity index (χ1n) is 5.43. The van der Waals surface area contributed by atoms with Gasteiger partial charge in [0.25, 0.3) is 0 Å². The molecule has 3 nitrogen and oxygen atoms in total. The highest BCUT2D eigenvalue weighted by atomic mass is 79.9. The first-order chi connectivity index (χ1) is 9.49. The molecule has 1 amide bonds. The van der Waals surface area contributed by atoms with Gasteiger partial charge in [0.15, 0.2) is 5.82 Å². The van der Waals surface area contributed by atoms with Gasteiger partial charge < -0.3 is 5.32 Å². The Bertz CT molecular complexity index is 627. The van der Waals surface area contributed by atoms with Crippen LogP contribution in [-0.2, 0) is 17.1 Å². The molecule has 0 spiro atoms. The second kappa shape index (κ2) is 6.60. The molecule has 8 heteroatoms. The number of carbonyl (C=O) groups is 1. The van der Waals surface area contributed by atoms with Crippen LogP contribution in [-0.4, -0.2) is 10.9 Å². The highest BCUT2D eigenvalue weighted by Gasteiger charge is 2.14. The maximum atomic E-state index is 13.6. The highest BCUT2D eigenvalue weighted by Crippen LogP contribution is 2.27. The number of thiazole rings is 1. The van der Waals surface area contributed by atoms with Gasteiger partial charge in [0.1, 0.15) is 10.8 Å². The zero-order valence-corrected chi connectivity index (χ0v) is 13.1. The van der Waals surface area contributed by atoms with Gasteiger partial charge in [-0.3, -0.25) is 4.79 Å². The summed E-state index contributed by atoms with van der Waals surface area (Å²) in [4.78, 5) is 15.9. The zero-order valence-electron chi connectivity index (χ0n) is 9.92. The number of hydrogen-bond acceptors (Lipinski definition) is 3. The van der Waals surface area contributed by atoms with Crippen molar-refractivity contribution in [3.8, 4) is 0 Å². The van der Waals surface area contributed by atoms with E-state index in [1.807, 2.05) is 0 Å². The van der Waals surface area contributed by atoms with Crippen LogP contribution in [0.4, 0.5) is 14.5 Å². The molecule has 0 aliphatic heterocycles. The molecule has 0 aliphatic rings. The molecule has 0 saturated heterocycles. The number of hydrogen-bond donors (Lipinski definition) is 1. The molecular formula is C12H8BrClF2N2OS. The van der Waals surface area contributed by atoms with Crippen molar-refractivity contribution in [1.29, 1.82) is 0 Å². The third-order valence-corrected chi connectivity index (χ3v) is 4.12. The van der Waals surface area contributed by atoms with E-state index in [1.54, 1.807) is 5.38 Å². The van der Waals surface area contributed by atoms with Gasteiger partial charge in [-0.2, -0.15) is 0 Å². The van der Waals surface area contributed by atoms with E-state index < -0.39 is 17.5 Å². The lowest BCUT2D eigenvalue weighted by Gasteiger charge is -2.08. The Morgan fingerprint density at radius 2 is 2.20 bits per heavy atom. The maximum Gasteiger partial charge on any atom is 0.231 e. The quantitative estimate of drug-likeness (QED) is 0.810. The minimum absolute atomic E-state index is 0.00477. The topological polar surface area (TPSA) is 42.0 Å². The van der Waals surface area contributed by atoms with E-state index >= 15 is 0 Å². The van der Waals surface area contributed by atoms with Crippen LogP contribution in [0.5, 0.6) is 0 Å². The Labute approximate surface area is 131 Å². The van der Waals surface area contributed by atoms with E-state index in [0.717, 1.165) is 6.07 Å². The molecule has 0 bridgehead atoms. The van der Waals surface area contributed by atoms with Crippen molar-refractivity contribution >= 4 is 50.5 Å². The van der Waals surface area contributed by atoms with Crippen molar-refractivity contribution in [1.82, 2.24) is 4.98 Å². The SMILES string of the molecule is O=C(Cc1nc(CCl)cs1)Nc1c(F)cc(F)cc1Br. The fraction of sp³-hybridized carbons (Fsp3) is 0.167. The van der Waals surface area contributed by atoms with E-state index in [1.165, 1.54) is 11.3 Å². The number of nitrogens with zero attached hydrogens (tertiary/aromatic N) is 1. The van der Waals surface area contributed by atoms with Gasteiger partial charge in [-0.15, -0.1) is 22.9 Å². The van der Waals surface area contributed by atoms with Crippen molar-refractivity contribution < 1.29 is 13.6 Å². The zero-order chi connectivity index (χ0) is 14.7. The molecule has 0 radical (unpaired) electrons. The van der Waals surface area contributed by atoms with Crippen molar-refractivity contribution in [2.24, 2.45) is 0 Å². The van der Waals surface area contributed by atoms with Crippen LogP contribution < -0.4 is 5.32 Å². The van der Waals surface area contributed by atoms with Crippen molar-refractivity contribution in [3.05, 3.63) is 44.3 Å². The summed E-state index contributed by atoms with van der Waals surface area (Å²) in [5.74, 6) is -1.73. The Hall–Kier alpha value is -1.05. The van der Waals surface area contributed by atoms with E-state index in [2.05, 4.69) is 26.2 Å². The molecule has 2 rings (SSSR count). The number of benzene rings is 1. The van der Waals surface area contributed by atoms with Gasteiger partial charge in [0.05, 0.1) is 23.7 Å². The molecule has 0 atom stereocenters. The summed E-state index contributed by atoms with van der Waals surface area (Å²) in [6.45, 7) is 0. The van der Waals surface area contributed by atoms with E-state index in [0.29, 0.717) is 16.8 Å². The summed E-state index contributed by atoms with van der Waals surface area (Å²) >= 11 is 9.92. The van der Waals surface area contributed by atoms with Crippen LogP contribution in [0.15, 0.2) is 22.0 Å². The highest BCUT2D eigenvalue weighted by molar-refractivity contribution is 9.10. The van der Waals surface area contributed by atoms with Gasteiger partial charge in [-0.1, -0.05) is 0 Å². The molecule has 2 aromatic rings. The standard InChI is InChI=1S/C12H8BrClF2N2OS/c13-8-1-6(15)2-9(16)12(8)18-10(19)3-11-17-7(4-14)5-20-11/h1-2,5H,3-4H2,(H,18,19). The lowest BCUT2D eigenvalue weighted by molar-refractivity contribution is -0.115. The fourth-order valence-corrected chi connectivity index (χ4v) is 3.00. The Balaban J connectivity index is 2.08. The molecule has 0 unspecified atom stereocenters. The van der Waals surface area contributed by atoms with Crippen molar-refractivity contribution in [3.63, 3.8) is 0 Å². The maximum absolute atomic E-state index is 13.6. The summed E-state index contributed by atoms with van der Waals surface area (Å²) < 4.78 is 26.6. The fourth-order valence-electron chi connectivity index (χ4n) is 1.47. The van der Waals surface area contributed by atoms with Crippen LogP contribution in [0.25, 0.3) is 0 Å². The lowest BCUT2D eigenvalue weighted by Crippen LogP contribution is -2.16. The van der Waals surface area contributed by atoms with Crippen molar-refractivity contribution in [2.75, 3.05) is 5.32 Å². The van der Waals surface area contributed by atoms with Gasteiger partial charge >= 0.3 is 0 Å². The molecule has 1 aromatic carbocycles. The number of nitrogens with one attached hydrogen (secondary N) is 1. The van der Waals surface area contributed by atoms with E-state index in [-0.39, 0.29) is 22.5 Å². The minimum Gasteiger partial charge on any atom is -0.322 e. The molecular weight excluding hydrogens is 374 g/mol. The van der Waals surface area contributed by atoms with Gasteiger partial charge in [0.2, 0.25) is 5.91 Å². The second-order valence-electron chi connectivity index (χ2n) is 3.84. The summed E-state index contributed by atoms with van der Waals surface area (Å²) in [6.07, 6.45) is 0.00477. The van der Waals surface area contributed by atoms with Gasteiger partial charge in [-0.05, 0) is 22.0 Å². The molecule has 1 N–H and O–H groups in total. The Morgan fingerprint density at radius 1 is 1.45 bits per heavy atom. The van der Waals surface area contributed by atoms with Crippen LogP contribution in [0.1, 0.15) is 10.7 Å². The van der Waals surface area contributed by atoms with E-state index in [9.17, 15) is 13.6 Å². The number of carbonyl (C=O) groups excluding carboxylic acids is 1. The number of rotatable bonds is 4. The molecule has 1 aromatic heterocycles. The van der Waals surface area contributed by atoms with Crippen LogP contribution in [0, 0.1) is 11.6 Å². The third-order valence-electron chi connectivity index (χ3n) is 2.32. The van der Waals surface area contributed by atoms with Gasteiger partial charge in [-0.25, -0.2) is 13.8 Å². The summed E-state index contributed by atoms with van der Waals surface area (Å²) in [5.41, 5.74) is 0.596. The summed E-state index contributed by atoms with van der Waals surface area (Å²) in [7, 11) is 0. The lowest BCUT2D eigenvalue weighted by atomic mass is 10.3. The third kappa shape index (κ3) is 3.74. The predicted octanol–water partition coefficient (Wildman–Crippen LogP) is 4.10. The van der Waals surface area contributed by atoms with Crippen LogP contribution in [0.3, 0.4) is 0 Å². The number of halogens is 4. The number of anilines is 1. The van der Waals surface area contributed by atoms with Gasteiger partial charge in [0, 0.05) is 15.9 Å². The normalized spacial score (nSPS) is 10.6. The van der Waals surface area contributed by atoms with E-state index in [4.69, 9.17) is 11.6 Å². The summed E-state index contributed by atoms with van der Waals surface area (Å²) in [5, 5.41) is 4.72. The van der Waals surface area contributed by atoms with Crippen LogP contribution >= 0.6 is 38.9 Å². The predicted molar refractivity (Wildman–Crippen MR) is 78.1 cm³/mol. The first-order valence-corrected chi connectivity index (χ1v) is 7.64.